The fraction of sp³-hybridized carbons (Fsp3) is 0.250. The van der Waals surface area contributed by atoms with Gasteiger partial charge in [-0.15, -0.1) is 0 Å². The van der Waals surface area contributed by atoms with Crippen LogP contribution in [-0.4, -0.2) is 41.3 Å². The van der Waals surface area contributed by atoms with Crippen molar-refractivity contribution in [3.05, 3.63) is 12.2 Å². The van der Waals surface area contributed by atoms with E-state index >= 15 is 0 Å². The lowest BCUT2D eigenvalue weighted by atomic mass is 10.1. The maximum absolute atomic E-state index is 11.2. The zero-order chi connectivity index (χ0) is 11.4. The predicted octanol–water partition coefficient (Wildman–Crippen LogP) is -2.19. The number of carbonyl (C=O) groups excluding carboxylic acids is 3. The lowest BCUT2D eigenvalue weighted by molar-refractivity contribution is -0.138. The van der Waals surface area contributed by atoms with Crippen molar-refractivity contribution in [3.63, 3.8) is 0 Å². The van der Waals surface area contributed by atoms with E-state index in [0.29, 0.717) is 6.08 Å². The monoisotopic (exact) mass is 212 g/mol. The second kappa shape index (κ2) is 4.36. The van der Waals surface area contributed by atoms with Crippen molar-refractivity contribution in [2.75, 3.05) is 6.54 Å². The molecule has 3 N–H and O–H groups in total. The second-order valence-electron chi connectivity index (χ2n) is 2.79. The highest BCUT2D eigenvalue weighted by Gasteiger charge is 2.30. The van der Waals surface area contributed by atoms with Crippen LogP contribution in [0.5, 0.6) is 0 Å². The minimum Gasteiger partial charge on any atom is -0.478 e. The molecule has 0 aromatic rings. The summed E-state index contributed by atoms with van der Waals surface area (Å²) < 4.78 is 0. The van der Waals surface area contributed by atoms with E-state index < -0.39 is 29.6 Å². The Hall–Kier alpha value is -2.18. The maximum atomic E-state index is 11.2. The van der Waals surface area contributed by atoms with E-state index in [1.807, 2.05) is 0 Å². The Morgan fingerprint density at radius 3 is 2.60 bits per heavy atom. The van der Waals surface area contributed by atoms with Crippen molar-refractivity contribution in [3.8, 4) is 0 Å². The summed E-state index contributed by atoms with van der Waals surface area (Å²) in [5, 5.41) is 12.6. The largest absolute Gasteiger partial charge is 0.478 e. The first-order valence-electron chi connectivity index (χ1n) is 4.02. The third-order valence-electron chi connectivity index (χ3n) is 1.67. The van der Waals surface area contributed by atoms with E-state index in [2.05, 4.69) is 10.6 Å². The number of amides is 2. The molecule has 1 rings (SSSR count). The summed E-state index contributed by atoms with van der Waals surface area (Å²) in [7, 11) is 0. The average Bonchev–Trinajstić information content (AvgIpc) is 2.18. The van der Waals surface area contributed by atoms with Crippen LogP contribution in [0, 0.1) is 0 Å². The molecule has 1 aliphatic rings. The standard InChI is InChI=1S/C8H8N2O5/c11-4(1-2-6(13)14)7-8(15)9-3-5(12)10-7/h1-2,7H,3H2,(H,9,15)(H,10,12)(H,13,14)/b2-1+. The molecule has 7 nitrogen and oxygen atoms in total. The fourth-order valence-corrected chi connectivity index (χ4v) is 0.997. The smallest absolute Gasteiger partial charge is 0.328 e. The van der Waals surface area contributed by atoms with E-state index in [1.165, 1.54) is 0 Å². The molecule has 1 aliphatic heterocycles. The highest BCUT2D eigenvalue weighted by molar-refractivity contribution is 6.15. The van der Waals surface area contributed by atoms with E-state index in [4.69, 9.17) is 5.11 Å². The van der Waals surface area contributed by atoms with Crippen LogP contribution in [0.3, 0.4) is 0 Å². The summed E-state index contributed by atoms with van der Waals surface area (Å²) >= 11 is 0. The SMILES string of the molecule is O=C(O)/C=C/C(=O)C1NC(=O)CNC1=O. The lowest BCUT2D eigenvalue weighted by Crippen LogP contribution is -2.59. The Balaban J connectivity index is 2.69. The van der Waals surface area contributed by atoms with Crippen LogP contribution < -0.4 is 10.6 Å². The van der Waals surface area contributed by atoms with Crippen molar-refractivity contribution < 1.29 is 24.3 Å². The quantitative estimate of drug-likeness (QED) is 0.363. The zero-order valence-electron chi connectivity index (χ0n) is 7.52. The number of rotatable bonds is 3. The minimum atomic E-state index is -1.33. The van der Waals surface area contributed by atoms with Crippen LogP contribution in [0.25, 0.3) is 0 Å². The third-order valence-corrected chi connectivity index (χ3v) is 1.67. The van der Waals surface area contributed by atoms with Gasteiger partial charge in [0.15, 0.2) is 11.8 Å². The van der Waals surface area contributed by atoms with E-state index in [-0.39, 0.29) is 6.54 Å². The summed E-state index contributed by atoms with van der Waals surface area (Å²) in [4.78, 5) is 43.3. The third kappa shape index (κ3) is 2.90. The number of aliphatic carboxylic acids is 1. The number of carboxylic acids is 1. The molecule has 7 heteroatoms. The maximum Gasteiger partial charge on any atom is 0.328 e. The molecule has 0 saturated carbocycles. The Morgan fingerprint density at radius 1 is 1.33 bits per heavy atom. The Morgan fingerprint density at radius 2 is 2.00 bits per heavy atom. The number of piperazine rings is 1. The molecule has 2 amide bonds. The lowest BCUT2D eigenvalue weighted by Gasteiger charge is -2.20. The molecule has 0 bridgehead atoms. The molecular formula is C8H8N2O5. The van der Waals surface area contributed by atoms with Gasteiger partial charge in [-0.3, -0.25) is 14.4 Å². The number of nitrogens with one attached hydrogen (secondary N) is 2. The molecule has 1 fully saturated rings. The molecule has 0 aromatic carbocycles. The van der Waals surface area contributed by atoms with Gasteiger partial charge in [-0.25, -0.2) is 4.79 Å². The summed E-state index contributed by atoms with van der Waals surface area (Å²) in [6, 6.07) is -1.33. The minimum absolute atomic E-state index is 0.175. The van der Waals surface area contributed by atoms with Gasteiger partial charge >= 0.3 is 5.97 Å². The van der Waals surface area contributed by atoms with Gasteiger partial charge in [0.05, 0.1) is 6.54 Å². The molecule has 80 valence electrons. The topological polar surface area (TPSA) is 113 Å². The average molecular weight is 212 g/mol. The molecule has 1 unspecified atom stereocenters. The molecule has 1 atom stereocenters. The highest BCUT2D eigenvalue weighted by atomic mass is 16.4. The first kappa shape index (κ1) is 10.9. The van der Waals surface area contributed by atoms with Gasteiger partial charge in [0, 0.05) is 6.08 Å². The first-order valence-corrected chi connectivity index (χ1v) is 4.02. The highest BCUT2D eigenvalue weighted by Crippen LogP contribution is 1.94. The number of hydrogen-bond donors (Lipinski definition) is 3. The van der Waals surface area contributed by atoms with Gasteiger partial charge in [0.25, 0.3) is 5.91 Å². The molecule has 0 radical (unpaired) electrons. The molecular weight excluding hydrogens is 204 g/mol. The second-order valence-corrected chi connectivity index (χ2v) is 2.79. The van der Waals surface area contributed by atoms with Gasteiger partial charge in [-0.2, -0.15) is 0 Å². The zero-order valence-corrected chi connectivity index (χ0v) is 7.52. The Bertz CT molecular complexity index is 360. The van der Waals surface area contributed by atoms with Crippen molar-refractivity contribution in [1.29, 1.82) is 0 Å². The van der Waals surface area contributed by atoms with Gasteiger partial charge in [0.1, 0.15) is 0 Å². The van der Waals surface area contributed by atoms with Crippen molar-refractivity contribution in [2.24, 2.45) is 0 Å². The van der Waals surface area contributed by atoms with E-state index in [1.54, 1.807) is 0 Å². The molecule has 1 heterocycles. The number of carboxylic acid groups (broad SMARTS) is 1. The van der Waals surface area contributed by atoms with Crippen LogP contribution in [-0.2, 0) is 19.2 Å². The number of hydrogen-bond acceptors (Lipinski definition) is 4. The Labute approximate surface area is 84.1 Å². The van der Waals surface area contributed by atoms with Crippen LogP contribution in [0.4, 0.5) is 0 Å². The van der Waals surface area contributed by atoms with Crippen molar-refractivity contribution in [2.45, 2.75) is 6.04 Å². The fourth-order valence-electron chi connectivity index (χ4n) is 0.997. The van der Waals surface area contributed by atoms with Crippen molar-refractivity contribution in [1.82, 2.24) is 10.6 Å². The van der Waals surface area contributed by atoms with Gasteiger partial charge in [0.2, 0.25) is 5.91 Å². The van der Waals surface area contributed by atoms with Crippen LogP contribution in [0.15, 0.2) is 12.2 Å². The predicted molar refractivity (Wildman–Crippen MR) is 46.7 cm³/mol. The summed E-state index contributed by atoms with van der Waals surface area (Å²) in [6.07, 6.45) is 1.34. The number of carbonyl (C=O) groups is 4. The normalized spacial score (nSPS) is 20.9. The Kier molecular flexibility index (Phi) is 3.17. The van der Waals surface area contributed by atoms with Gasteiger partial charge in [-0.05, 0) is 6.08 Å². The van der Waals surface area contributed by atoms with E-state index in [0.717, 1.165) is 6.08 Å². The molecule has 0 spiro atoms. The van der Waals surface area contributed by atoms with E-state index in [9.17, 15) is 19.2 Å². The van der Waals surface area contributed by atoms with Gasteiger partial charge < -0.3 is 15.7 Å². The van der Waals surface area contributed by atoms with Crippen molar-refractivity contribution >= 4 is 23.6 Å². The van der Waals surface area contributed by atoms with Crippen LogP contribution in [0.1, 0.15) is 0 Å². The van der Waals surface area contributed by atoms with Gasteiger partial charge in [-0.1, -0.05) is 0 Å². The van der Waals surface area contributed by atoms with Crippen LogP contribution >= 0.6 is 0 Å². The van der Waals surface area contributed by atoms with Crippen LogP contribution in [0.2, 0.25) is 0 Å². The molecule has 1 saturated heterocycles. The molecule has 0 aliphatic carbocycles. The summed E-state index contributed by atoms with van der Waals surface area (Å²) in [5.74, 6) is -3.21. The first-order chi connectivity index (χ1) is 7.00. The summed E-state index contributed by atoms with van der Waals surface area (Å²) in [6.45, 7) is -0.175. The summed E-state index contributed by atoms with van der Waals surface area (Å²) in [5.41, 5.74) is 0. The molecule has 15 heavy (non-hydrogen) atoms. The number of ketones is 1. The molecule has 0 aromatic heterocycles.